The predicted octanol–water partition coefficient (Wildman–Crippen LogP) is 3.79. The second-order valence-electron chi connectivity index (χ2n) is 7.45. The van der Waals surface area contributed by atoms with E-state index in [0.717, 1.165) is 37.5 Å². The highest BCUT2D eigenvalue weighted by Gasteiger charge is 2.20. The Kier molecular flexibility index (Phi) is 8.34. The molecule has 0 spiro atoms. The summed E-state index contributed by atoms with van der Waals surface area (Å²) in [6.45, 7) is 2.54. The molecule has 1 heterocycles. The third kappa shape index (κ3) is 6.50. The second kappa shape index (κ2) is 11.4. The number of nitrogens with zero attached hydrogens (tertiary/aromatic N) is 1. The van der Waals surface area contributed by atoms with Crippen LogP contribution in [0.1, 0.15) is 46.9 Å². The van der Waals surface area contributed by atoms with E-state index in [1.54, 1.807) is 11.8 Å². The first kappa shape index (κ1) is 24.2. The first-order valence-electron chi connectivity index (χ1n) is 10.7. The molecule has 0 atom stereocenters. The van der Waals surface area contributed by atoms with Crippen LogP contribution < -0.4 is 9.47 Å². The number of ketones is 1. The first-order valence-corrected chi connectivity index (χ1v) is 10.7. The lowest BCUT2D eigenvalue weighted by molar-refractivity contribution is -0.134. The fourth-order valence-corrected chi connectivity index (χ4v) is 3.40. The minimum Gasteiger partial charge on any atom is -0.490 e. The van der Waals surface area contributed by atoms with Crippen molar-refractivity contribution in [3.05, 3.63) is 59.2 Å². The summed E-state index contributed by atoms with van der Waals surface area (Å²) in [5, 5.41) is 0. The van der Waals surface area contributed by atoms with E-state index in [-0.39, 0.29) is 36.2 Å². The molecule has 1 fully saturated rings. The monoisotopic (exact) mass is 461 g/mol. The molecule has 3 rings (SSSR count). The summed E-state index contributed by atoms with van der Waals surface area (Å²) in [5.74, 6) is -3.00. The molecule has 1 aliphatic rings. The topological polar surface area (TPSA) is 82.1 Å². The molecule has 0 radical (unpaired) electrons. The van der Waals surface area contributed by atoms with Crippen molar-refractivity contribution in [3.63, 3.8) is 0 Å². The molecule has 1 saturated heterocycles. The second-order valence-corrected chi connectivity index (χ2v) is 7.45. The van der Waals surface area contributed by atoms with Crippen LogP contribution in [0.3, 0.4) is 0 Å². The fourth-order valence-electron chi connectivity index (χ4n) is 3.40. The Labute approximate surface area is 190 Å². The predicted molar refractivity (Wildman–Crippen MR) is 115 cm³/mol. The number of benzene rings is 2. The summed E-state index contributed by atoms with van der Waals surface area (Å²) in [6.07, 6.45) is 3.06. The molecule has 0 unspecified atom stereocenters. The van der Waals surface area contributed by atoms with Crippen LogP contribution in [-0.2, 0) is 9.53 Å². The van der Waals surface area contributed by atoms with Gasteiger partial charge in [-0.2, -0.15) is 0 Å². The lowest BCUT2D eigenvalue weighted by Crippen LogP contribution is -2.38. The molecule has 176 valence electrons. The number of hydrogen-bond donors (Lipinski definition) is 0. The zero-order valence-corrected chi connectivity index (χ0v) is 18.3. The molecule has 2 aromatic carbocycles. The number of rotatable bonds is 9. The third-order valence-corrected chi connectivity index (χ3v) is 5.10. The lowest BCUT2D eigenvalue weighted by Gasteiger charge is -2.26. The van der Waals surface area contributed by atoms with Crippen molar-refractivity contribution in [3.8, 4) is 11.5 Å². The Morgan fingerprint density at radius 2 is 1.67 bits per heavy atom. The van der Waals surface area contributed by atoms with Crippen LogP contribution in [0.5, 0.6) is 11.5 Å². The van der Waals surface area contributed by atoms with Gasteiger partial charge in [-0.05, 0) is 62.6 Å². The van der Waals surface area contributed by atoms with E-state index < -0.39 is 35.6 Å². The van der Waals surface area contributed by atoms with Crippen LogP contribution in [0.2, 0.25) is 0 Å². The van der Waals surface area contributed by atoms with Crippen LogP contribution in [0.25, 0.3) is 0 Å². The summed E-state index contributed by atoms with van der Waals surface area (Å²) in [6, 6.07) is 6.71. The van der Waals surface area contributed by atoms with Gasteiger partial charge in [0.2, 0.25) is 5.78 Å². The van der Waals surface area contributed by atoms with Gasteiger partial charge in [0.25, 0.3) is 5.91 Å². The molecule has 0 saturated carbocycles. The highest BCUT2D eigenvalue weighted by atomic mass is 19.1. The van der Waals surface area contributed by atoms with Gasteiger partial charge in [-0.25, -0.2) is 13.6 Å². The summed E-state index contributed by atoms with van der Waals surface area (Å²) in [7, 11) is 0. The molecule has 9 heteroatoms. The fraction of sp³-hybridized carbons (Fsp3) is 0.375. The number of likely N-dealkylation sites (tertiary alicyclic amines) is 1. The van der Waals surface area contributed by atoms with Gasteiger partial charge in [-0.3, -0.25) is 9.59 Å². The number of Topliss-reactive ketones (excluding diaryl/α,β-unsaturated/α-hetero) is 1. The highest BCUT2D eigenvalue weighted by molar-refractivity contribution is 5.99. The maximum Gasteiger partial charge on any atom is 0.338 e. The van der Waals surface area contributed by atoms with E-state index in [1.165, 1.54) is 18.2 Å². The number of ether oxygens (including phenoxy) is 3. The Hall–Kier alpha value is -3.49. The number of hydrogen-bond acceptors (Lipinski definition) is 6. The van der Waals surface area contributed by atoms with Crippen LogP contribution >= 0.6 is 0 Å². The zero-order valence-electron chi connectivity index (χ0n) is 18.3. The van der Waals surface area contributed by atoms with Gasteiger partial charge in [0.05, 0.1) is 17.7 Å². The van der Waals surface area contributed by atoms with Crippen molar-refractivity contribution in [1.82, 2.24) is 4.90 Å². The van der Waals surface area contributed by atoms with Gasteiger partial charge in [-0.1, -0.05) is 0 Å². The average Bonchev–Trinajstić information content (AvgIpc) is 2.83. The minimum atomic E-state index is -0.906. The van der Waals surface area contributed by atoms with Crippen molar-refractivity contribution in [2.24, 2.45) is 0 Å². The molecule has 7 nitrogen and oxygen atoms in total. The van der Waals surface area contributed by atoms with E-state index >= 15 is 0 Å². The summed E-state index contributed by atoms with van der Waals surface area (Å²) < 4.78 is 43.1. The van der Waals surface area contributed by atoms with Gasteiger partial charge < -0.3 is 19.1 Å². The molecular weight excluding hydrogens is 436 g/mol. The first-order chi connectivity index (χ1) is 15.9. The molecule has 1 aliphatic heterocycles. The third-order valence-electron chi connectivity index (χ3n) is 5.10. The maximum atomic E-state index is 13.7. The Morgan fingerprint density at radius 3 is 2.39 bits per heavy atom. The van der Waals surface area contributed by atoms with Crippen molar-refractivity contribution in [2.75, 3.05) is 32.9 Å². The number of carbonyl (C=O) groups is 3. The SMILES string of the molecule is CCOc1cc(C(=O)OCC(=O)c2cc(F)ccc2F)ccc1OCC(=O)N1CCCCC1. The van der Waals surface area contributed by atoms with Gasteiger partial charge in [0.15, 0.2) is 24.7 Å². The molecule has 33 heavy (non-hydrogen) atoms. The van der Waals surface area contributed by atoms with Gasteiger partial charge in [-0.15, -0.1) is 0 Å². The van der Waals surface area contributed by atoms with E-state index in [0.29, 0.717) is 13.1 Å². The zero-order chi connectivity index (χ0) is 23.8. The molecule has 0 aliphatic carbocycles. The maximum absolute atomic E-state index is 13.7. The van der Waals surface area contributed by atoms with E-state index in [9.17, 15) is 23.2 Å². The largest absolute Gasteiger partial charge is 0.490 e. The van der Waals surface area contributed by atoms with Crippen LogP contribution in [-0.4, -0.2) is 55.5 Å². The summed E-state index contributed by atoms with van der Waals surface area (Å²) in [5.41, 5.74) is -0.430. The summed E-state index contributed by atoms with van der Waals surface area (Å²) >= 11 is 0. The molecule has 0 aromatic heterocycles. The molecule has 2 aromatic rings. The number of amides is 1. The van der Waals surface area contributed by atoms with Crippen LogP contribution in [0, 0.1) is 11.6 Å². The molecular formula is C24H25F2NO6. The van der Waals surface area contributed by atoms with Gasteiger partial charge >= 0.3 is 5.97 Å². The Balaban J connectivity index is 1.62. The number of esters is 1. The summed E-state index contributed by atoms with van der Waals surface area (Å²) in [4.78, 5) is 38.6. The number of halogens is 2. The molecule has 1 amide bonds. The van der Waals surface area contributed by atoms with Crippen molar-refractivity contribution in [1.29, 1.82) is 0 Å². The van der Waals surface area contributed by atoms with Crippen molar-refractivity contribution in [2.45, 2.75) is 26.2 Å². The average molecular weight is 461 g/mol. The van der Waals surface area contributed by atoms with E-state index in [2.05, 4.69) is 0 Å². The Bertz CT molecular complexity index is 1020. The highest BCUT2D eigenvalue weighted by Crippen LogP contribution is 2.29. The quantitative estimate of drug-likeness (QED) is 0.418. The van der Waals surface area contributed by atoms with Crippen LogP contribution in [0.4, 0.5) is 8.78 Å². The van der Waals surface area contributed by atoms with E-state index in [4.69, 9.17) is 14.2 Å². The van der Waals surface area contributed by atoms with Crippen molar-refractivity contribution < 1.29 is 37.4 Å². The molecule has 0 N–H and O–H groups in total. The van der Waals surface area contributed by atoms with Crippen molar-refractivity contribution >= 4 is 17.7 Å². The number of piperidine rings is 1. The smallest absolute Gasteiger partial charge is 0.338 e. The molecule has 0 bridgehead atoms. The minimum absolute atomic E-state index is 0.0701. The Morgan fingerprint density at radius 1 is 0.909 bits per heavy atom. The van der Waals surface area contributed by atoms with E-state index in [1.807, 2.05) is 0 Å². The number of carbonyl (C=O) groups excluding carboxylic acids is 3. The van der Waals surface area contributed by atoms with Gasteiger partial charge in [0, 0.05) is 13.1 Å². The lowest BCUT2D eigenvalue weighted by atomic mass is 10.1. The standard InChI is InChI=1S/C24H25F2NO6/c1-2-31-22-12-16(6-9-21(22)32-15-23(29)27-10-4-3-5-11-27)24(30)33-14-20(28)18-13-17(25)7-8-19(18)26/h6-9,12-13H,2-5,10-11,14-15H2,1H3. The normalized spacial score (nSPS) is 13.4. The van der Waals surface area contributed by atoms with Gasteiger partial charge in [0.1, 0.15) is 11.6 Å². The van der Waals surface area contributed by atoms with Crippen LogP contribution in [0.15, 0.2) is 36.4 Å².